The van der Waals surface area contributed by atoms with Gasteiger partial charge in [-0.25, -0.2) is 0 Å². The largest absolute Gasteiger partial charge is 0.497 e. The molecule has 1 N–H and O–H groups in total. The van der Waals surface area contributed by atoms with E-state index in [-0.39, 0.29) is 5.91 Å². The topological polar surface area (TPSA) is 41.6 Å². The van der Waals surface area contributed by atoms with Crippen molar-refractivity contribution in [1.82, 2.24) is 10.2 Å². The van der Waals surface area contributed by atoms with Crippen molar-refractivity contribution in [3.8, 4) is 5.75 Å². The Morgan fingerprint density at radius 3 is 2.43 bits per heavy atom. The van der Waals surface area contributed by atoms with Crippen LogP contribution in [0.2, 0.25) is 0 Å². The highest BCUT2D eigenvalue weighted by Gasteiger charge is 2.23. The van der Waals surface area contributed by atoms with Crippen LogP contribution in [0.25, 0.3) is 0 Å². The van der Waals surface area contributed by atoms with Crippen LogP contribution >= 0.6 is 0 Å². The maximum Gasteiger partial charge on any atom is 0.220 e. The van der Waals surface area contributed by atoms with E-state index in [1.54, 1.807) is 7.11 Å². The minimum atomic E-state index is 0.197. The molecule has 1 saturated heterocycles. The fourth-order valence-electron chi connectivity index (χ4n) is 4.34. The number of piperidine rings is 1. The molecule has 1 aliphatic carbocycles. The van der Waals surface area contributed by atoms with Gasteiger partial charge in [0.1, 0.15) is 5.75 Å². The lowest BCUT2D eigenvalue weighted by Crippen LogP contribution is -2.33. The highest BCUT2D eigenvalue weighted by atomic mass is 16.5. The molecule has 1 saturated carbocycles. The first-order valence-electron chi connectivity index (χ1n) is 11.4. The van der Waals surface area contributed by atoms with Crippen molar-refractivity contribution in [2.45, 2.75) is 57.5 Å². The van der Waals surface area contributed by atoms with Gasteiger partial charge in [0, 0.05) is 19.0 Å². The smallest absolute Gasteiger partial charge is 0.220 e. The summed E-state index contributed by atoms with van der Waals surface area (Å²) in [6.45, 7) is 3.33. The SMILES string of the molecule is COc1cccc(CN2CCC(Cc3ccc(CCC(=O)NC4CC4)cc3)CC2)c1. The van der Waals surface area contributed by atoms with Crippen molar-refractivity contribution in [3.63, 3.8) is 0 Å². The Morgan fingerprint density at radius 1 is 1.00 bits per heavy atom. The Morgan fingerprint density at radius 2 is 1.73 bits per heavy atom. The summed E-state index contributed by atoms with van der Waals surface area (Å²) in [6, 6.07) is 17.8. The van der Waals surface area contributed by atoms with Gasteiger partial charge in [-0.2, -0.15) is 0 Å². The molecule has 0 spiro atoms. The molecule has 2 aromatic rings. The summed E-state index contributed by atoms with van der Waals surface area (Å²) in [6.07, 6.45) is 7.42. The quantitative estimate of drug-likeness (QED) is 0.673. The van der Waals surface area contributed by atoms with Crippen LogP contribution in [0.4, 0.5) is 0 Å². The number of hydrogen-bond acceptors (Lipinski definition) is 3. The maximum atomic E-state index is 11.8. The van der Waals surface area contributed by atoms with Crippen LogP contribution in [-0.4, -0.2) is 37.0 Å². The van der Waals surface area contributed by atoms with Crippen molar-refractivity contribution >= 4 is 5.91 Å². The van der Waals surface area contributed by atoms with Gasteiger partial charge in [0.2, 0.25) is 5.91 Å². The molecule has 160 valence electrons. The molecule has 0 radical (unpaired) electrons. The molecule has 1 heterocycles. The number of methoxy groups -OCH3 is 1. The van der Waals surface area contributed by atoms with Gasteiger partial charge in [0.05, 0.1) is 7.11 Å². The molecule has 4 rings (SSSR count). The number of carbonyl (C=O) groups excluding carboxylic acids is 1. The molecular weight excluding hydrogens is 372 g/mol. The fraction of sp³-hybridized carbons (Fsp3) is 0.500. The Labute approximate surface area is 180 Å². The molecular formula is C26H34N2O2. The highest BCUT2D eigenvalue weighted by Crippen LogP contribution is 2.24. The molecule has 4 heteroatoms. The molecule has 2 aromatic carbocycles. The van der Waals surface area contributed by atoms with Gasteiger partial charge in [0.25, 0.3) is 0 Å². The Balaban J connectivity index is 1.18. The van der Waals surface area contributed by atoms with Gasteiger partial charge in [0.15, 0.2) is 0 Å². The molecule has 2 fully saturated rings. The number of nitrogens with one attached hydrogen (secondary N) is 1. The van der Waals surface area contributed by atoms with Crippen LogP contribution in [0.15, 0.2) is 48.5 Å². The summed E-state index contributed by atoms with van der Waals surface area (Å²) < 4.78 is 5.34. The van der Waals surface area contributed by atoms with Crippen molar-refractivity contribution in [2.75, 3.05) is 20.2 Å². The Bertz CT molecular complexity index is 821. The number of rotatable bonds is 9. The minimum Gasteiger partial charge on any atom is -0.497 e. The lowest BCUT2D eigenvalue weighted by Gasteiger charge is -2.32. The van der Waals surface area contributed by atoms with E-state index in [0.29, 0.717) is 12.5 Å². The van der Waals surface area contributed by atoms with Crippen LogP contribution in [-0.2, 0) is 24.2 Å². The van der Waals surface area contributed by atoms with Gasteiger partial charge in [-0.1, -0.05) is 36.4 Å². The molecule has 4 nitrogen and oxygen atoms in total. The molecule has 30 heavy (non-hydrogen) atoms. The van der Waals surface area contributed by atoms with Crippen LogP contribution in [0.5, 0.6) is 5.75 Å². The normalized spacial score (nSPS) is 17.6. The zero-order valence-corrected chi connectivity index (χ0v) is 18.1. The van der Waals surface area contributed by atoms with Crippen molar-refractivity contribution in [1.29, 1.82) is 0 Å². The highest BCUT2D eigenvalue weighted by molar-refractivity contribution is 5.76. The van der Waals surface area contributed by atoms with E-state index in [0.717, 1.165) is 57.0 Å². The summed E-state index contributed by atoms with van der Waals surface area (Å²) in [5.74, 6) is 1.90. The molecule has 0 bridgehead atoms. The van der Waals surface area contributed by atoms with Crippen molar-refractivity contribution < 1.29 is 9.53 Å². The number of likely N-dealkylation sites (tertiary alicyclic amines) is 1. The standard InChI is InChI=1S/C26H34N2O2/c1-30-25-4-2-3-23(18-25)19-28-15-13-22(14-16-28)17-21-7-5-20(6-8-21)9-12-26(29)27-24-10-11-24/h2-8,18,22,24H,9-17,19H2,1H3,(H,27,29). The van der Waals surface area contributed by atoms with Gasteiger partial charge in [-0.15, -0.1) is 0 Å². The zero-order valence-electron chi connectivity index (χ0n) is 18.1. The second-order valence-electron chi connectivity index (χ2n) is 8.93. The van der Waals surface area contributed by atoms with E-state index in [4.69, 9.17) is 4.74 Å². The van der Waals surface area contributed by atoms with Crippen LogP contribution in [0, 0.1) is 5.92 Å². The van der Waals surface area contributed by atoms with Gasteiger partial charge in [-0.3, -0.25) is 9.69 Å². The first kappa shape index (κ1) is 20.9. The molecule has 0 unspecified atom stereocenters. The fourth-order valence-corrected chi connectivity index (χ4v) is 4.34. The Hall–Kier alpha value is -2.33. The number of ether oxygens (including phenoxy) is 1. The predicted octanol–water partition coefficient (Wildman–Crippen LogP) is 4.36. The first-order chi connectivity index (χ1) is 14.7. The number of hydrogen-bond donors (Lipinski definition) is 1. The van der Waals surface area contributed by atoms with Crippen LogP contribution in [0.3, 0.4) is 0 Å². The average Bonchev–Trinajstić information content (AvgIpc) is 3.59. The maximum absolute atomic E-state index is 11.8. The van der Waals surface area contributed by atoms with Crippen molar-refractivity contribution in [2.24, 2.45) is 5.92 Å². The summed E-state index contributed by atoms with van der Waals surface area (Å²) in [5.41, 5.74) is 4.01. The summed E-state index contributed by atoms with van der Waals surface area (Å²) in [5, 5.41) is 3.06. The van der Waals surface area contributed by atoms with E-state index in [1.807, 2.05) is 6.07 Å². The second kappa shape index (κ2) is 10.1. The van der Waals surface area contributed by atoms with Crippen LogP contribution in [0.1, 0.15) is 48.8 Å². The van der Waals surface area contributed by atoms with E-state index in [2.05, 4.69) is 52.7 Å². The molecule has 0 aromatic heterocycles. The second-order valence-corrected chi connectivity index (χ2v) is 8.93. The van der Waals surface area contributed by atoms with E-state index >= 15 is 0 Å². The van der Waals surface area contributed by atoms with Gasteiger partial charge >= 0.3 is 0 Å². The molecule has 1 amide bonds. The third-order valence-electron chi connectivity index (χ3n) is 6.38. The third-order valence-corrected chi connectivity index (χ3v) is 6.38. The van der Waals surface area contributed by atoms with E-state index in [9.17, 15) is 4.79 Å². The third kappa shape index (κ3) is 6.33. The van der Waals surface area contributed by atoms with E-state index < -0.39 is 0 Å². The molecule has 1 aliphatic heterocycles. The lowest BCUT2D eigenvalue weighted by molar-refractivity contribution is -0.121. The number of amides is 1. The van der Waals surface area contributed by atoms with Gasteiger partial charge in [-0.05, 0) is 86.4 Å². The number of aryl methyl sites for hydroxylation is 1. The van der Waals surface area contributed by atoms with E-state index in [1.165, 1.54) is 29.5 Å². The molecule has 2 aliphatic rings. The number of benzene rings is 2. The van der Waals surface area contributed by atoms with Crippen molar-refractivity contribution in [3.05, 3.63) is 65.2 Å². The van der Waals surface area contributed by atoms with Gasteiger partial charge < -0.3 is 10.1 Å². The minimum absolute atomic E-state index is 0.197. The summed E-state index contributed by atoms with van der Waals surface area (Å²) in [4.78, 5) is 14.4. The zero-order chi connectivity index (χ0) is 20.8. The number of nitrogens with zero attached hydrogens (tertiary/aromatic N) is 1. The monoisotopic (exact) mass is 406 g/mol. The average molecular weight is 407 g/mol. The summed E-state index contributed by atoms with van der Waals surface area (Å²) in [7, 11) is 1.73. The molecule has 0 atom stereocenters. The predicted molar refractivity (Wildman–Crippen MR) is 121 cm³/mol. The summed E-state index contributed by atoms with van der Waals surface area (Å²) >= 11 is 0. The first-order valence-corrected chi connectivity index (χ1v) is 11.4. The number of carbonyl (C=O) groups is 1. The van der Waals surface area contributed by atoms with Crippen LogP contribution < -0.4 is 10.1 Å². The lowest BCUT2D eigenvalue weighted by atomic mass is 9.89. The Kier molecular flexibility index (Phi) is 7.06.